The highest BCUT2D eigenvalue weighted by Crippen LogP contribution is 2.30. The van der Waals surface area contributed by atoms with Crippen LogP contribution in [0, 0.1) is 12.7 Å². The molecule has 0 aliphatic carbocycles. The van der Waals surface area contributed by atoms with Crippen molar-refractivity contribution in [2.24, 2.45) is 0 Å². The number of para-hydroxylation sites is 1. The smallest absolute Gasteiger partial charge is 0.128 e. The van der Waals surface area contributed by atoms with Gasteiger partial charge in [-0.25, -0.2) is 4.39 Å². The Labute approximate surface area is 116 Å². The van der Waals surface area contributed by atoms with Gasteiger partial charge in [-0.3, -0.25) is 0 Å². The second-order valence-corrected chi connectivity index (χ2v) is 4.86. The Bertz CT molecular complexity index is 549. The van der Waals surface area contributed by atoms with Crippen LogP contribution in [0.25, 0.3) is 0 Å². The van der Waals surface area contributed by atoms with Gasteiger partial charge in [-0.15, -0.1) is 0 Å². The molecule has 1 nitrogen and oxygen atoms in total. The molecule has 0 heterocycles. The number of rotatable bonds is 3. The molecule has 18 heavy (non-hydrogen) atoms. The molecule has 1 N–H and O–H groups in total. The molecule has 2 rings (SSSR count). The predicted molar refractivity (Wildman–Crippen MR) is 74.9 cm³/mol. The second kappa shape index (κ2) is 5.59. The largest absolute Gasteiger partial charge is 0.378 e. The van der Waals surface area contributed by atoms with E-state index in [9.17, 15) is 4.39 Å². The number of anilines is 1. The molecule has 0 bridgehead atoms. The number of hydrogen-bond acceptors (Lipinski definition) is 1. The molecule has 2 aromatic rings. The van der Waals surface area contributed by atoms with E-state index in [4.69, 9.17) is 23.2 Å². The average Bonchev–Trinajstić information content (AvgIpc) is 2.33. The summed E-state index contributed by atoms with van der Waals surface area (Å²) in [7, 11) is 0. The Balaban J connectivity index is 2.19. The van der Waals surface area contributed by atoms with Crippen LogP contribution in [0.4, 0.5) is 10.1 Å². The fraction of sp³-hybridized carbons (Fsp3) is 0.143. The molecule has 0 radical (unpaired) electrons. The normalized spacial score (nSPS) is 10.4. The van der Waals surface area contributed by atoms with Gasteiger partial charge in [0.15, 0.2) is 0 Å². The lowest BCUT2D eigenvalue weighted by Crippen LogP contribution is -2.03. The van der Waals surface area contributed by atoms with Gasteiger partial charge in [0.05, 0.1) is 15.7 Å². The summed E-state index contributed by atoms with van der Waals surface area (Å²) in [6.07, 6.45) is 0. The molecule has 0 unspecified atom stereocenters. The van der Waals surface area contributed by atoms with Crippen LogP contribution >= 0.6 is 23.2 Å². The quantitative estimate of drug-likeness (QED) is 0.831. The lowest BCUT2D eigenvalue weighted by molar-refractivity contribution is 0.612. The first-order chi connectivity index (χ1) is 8.58. The van der Waals surface area contributed by atoms with Gasteiger partial charge in [-0.2, -0.15) is 0 Å². The minimum atomic E-state index is -0.240. The molecule has 0 atom stereocenters. The molecule has 0 saturated carbocycles. The van der Waals surface area contributed by atoms with E-state index in [1.165, 1.54) is 6.07 Å². The minimum Gasteiger partial charge on any atom is -0.378 e. The van der Waals surface area contributed by atoms with E-state index >= 15 is 0 Å². The fourth-order valence-electron chi connectivity index (χ4n) is 1.69. The molecule has 2 aromatic carbocycles. The van der Waals surface area contributed by atoms with Crippen molar-refractivity contribution < 1.29 is 4.39 Å². The Morgan fingerprint density at radius 1 is 1.11 bits per heavy atom. The van der Waals surface area contributed by atoms with Crippen LogP contribution in [-0.4, -0.2) is 0 Å². The monoisotopic (exact) mass is 283 g/mol. The first-order valence-electron chi connectivity index (χ1n) is 5.51. The van der Waals surface area contributed by atoms with Crippen LogP contribution in [0.1, 0.15) is 11.1 Å². The van der Waals surface area contributed by atoms with E-state index in [0.29, 0.717) is 27.8 Å². The first-order valence-corrected chi connectivity index (χ1v) is 6.26. The summed E-state index contributed by atoms with van der Waals surface area (Å²) in [5.74, 6) is -0.240. The van der Waals surface area contributed by atoms with E-state index in [2.05, 4.69) is 5.32 Å². The summed E-state index contributed by atoms with van der Waals surface area (Å²) < 4.78 is 13.6. The number of benzene rings is 2. The van der Waals surface area contributed by atoms with Crippen molar-refractivity contribution in [1.29, 1.82) is 0 Å². The van der Waals surface area contributed by atoms with Gasteiger partial charge < -0.3 is 5.32 Å². The maximum atomic E-state index is 13.6. The van der Waals surface area contributed by atoms with Gasteiger partial charge in [0, 0.05) is 12.1 Å². The van der Waals surface area contributed by atoms with Gasteiger partial charge in [0.1, 0.15) is 5.82 Å². The van der Waals surface area contributed by atoms with Crippen LogP contribution in [-0.2, 0) is 6.54 Å². The van der Waals surface area contributed by atoms with Crippen molar-refractivity contribution >= 4 is 28.9 Å². The van der Waals surface area contributed by atoms with E-state index in [0.717, 1.165) is 5.56 Å². The Hall–Kier alpha value is -1.25. The standard InChI is InChI=1S/C14H12Cl2FN/c1-9-5-6-13(17)10(7-9)8-18-14-11(15)3-2-4-12(14)16/h2-7,18H,8H2,1H3. The number of hydrogen-bond donors (Lipinski definition) is 1. The van der Waals surface area contributed by atoms with Crippen LogP contribution < -0.4 is 5.32 Å². The van der Waals surface area contributed by atoms with Crippen molar-refractivity contribution in [3.63, 3.8) is 0 Å². The SMILES string of the molecule is Cc1ccc(F)c(CNc2c(Cl)cccc2Cl)c1. The highest BCUT2D eigenvalue weighted by Gasteiger charge is 2.07. The summed E-state index contributed by atoms with van der Waals surface area (Å²) in [5.41, 5.74) is 2.23. The Morgan fingerprint density at radius 2 is 1.78 bits per heavy atom. The maximum Gasteiger partial charge on any atom is 0.128 e. The van der Waals surface area contributed by atoms with E-state index in [1.54, 1.807) is 30.3 Å². The number of nitrogens with one attached hydrogen (secondary N) is 1. The van der Waals surface area contributed by atoms with Crippen molar-refractivity contribution in [3.05, 3.63) is 63.4 Å². The van der Waals surface area contributed by atoms with E-state index in [-0.39, 0.29) is 5.82 Å². The summed E-state index contributed by atoms with van der Waals surface area (Å²) in [4.78, 5) is 0. The first kappa shape index (κ1) is 13.2. The fourth-order valence-corrected chi connectivity index (χ4v) is 2.22. The Kier molecular flexibility index (Phi) is 4.10. The third kappa shape index (κ3) is 2.95. The zero-order chi connectivity index (χ0) is 13.1. The van der Waals surface area contributed by atoms with Crippen molar-refractivity contribution in [3.8, 4) is 0 Å². The number of halogens is 3. The highest BCUT2D eigenvalue weighted by molar-refractivity contribution is 6.39. The molecule has 0 aliphatic rings. The summed E-state index contributed by atoms with van der Waals surface area (Å²) in [6, 6.07) is 10.2. The van der Waals surface area contributed by atoms with Gasteiger partial charge in [0.2, 0.25) is 0 Å². The molecule has 4 heteroatoms. The molecular formula is C14H12Cl2FN. The van der Waals surface area contributed by atoms with Crippen LogP contribution in [0.5, 0.6) is 0 Å². The third-order valence-corrected chi connectivity index (χ3v) is 3.25. The lowest BCUT2D eigenvalue weighted by Gasteiger charge is -2.11. The van der Waals surface area contributed by atoms with Crippen LogP contribution in [0.15, 0.2) is 36.4 Å². The van der Waals surface area contributed by atoms with Crippen molar-refractivity contribution in [2.75, 3.05) is 5.32 Å². The Morgan fingerprint density at radius 3 is 2.44 bits per heavy atom. The van der Waals surface area contributed by atoms with Crippen molar-refractivity contribution in [2.45, 2.75) is 13.5 Å². The summed E-state index contributed by atoms with van der Waals surface area (Å²) in [5, 5.41) is 4.11. The molecule has 0 saturated heterocycles. The van der Waals surface area contributed by atoms with Gasteiger partial charge in [-0.1, -0.05) is 47.0 Å². The average molecular weight is 284 g/mol. The van der Waals surface area contributed by atoms with E-state index < -0.39 is 0 Å². The maximum absolute atomic E-state index is 13.6. The van der Waals surface area contributed by atoms with Gasteiger partial charge in [-0.05, 0) is 25.1 Å². The molecule has 0 fully saturated rings. The van der Waals surface area contributed by atoms with Gasteiger partial charge >= 0.3 is 0 Å². The van der Waals surface area contributed by atoms with Gasteiger partial charge in [0.25, 0.3) is 0 Å². The minimum absolute atomic E-state index is 0.240. The number of aryl methyl sites for hydroxylation is 1. The molecule has 0 amide bonds. The molecule has 0 aromatic heterocycles. The molecular weight excluding hydrogens is 272 g/mol. The van der Waals surface area contributed by atoms with Crippen molar-refractivity contribution in [1.82, 2.24) is 0 Å². The van der Waals surface area contributed by atoms with Crippen LogP contribution in [0.3, 0.4) is 0 Å². The van der Waals surface area contributed by atoms with Crippen LogP contribution in [0.2, 0.25) is 10.0 Å². The summed E-state index contributed by atoms with van der Waals surface area (Å²) in [6.45, 7) is 2.27. The highest BCUT2D eigenvalue weighted by atomic mass is 35.5. The lowest BCUT2D eigenvalue weighted by atomic mass is 10.1. The zero-order valence-electron chi connectivity index (χ0n) is 9.81. The van der Waals surface area contributed by atoms with E-state index in [1.807, 2.05) is 6.92 Å². The molecule has 0 aliphatic heterocycles. The third-order valence-electron chi connectivity index (χ3n) is 2.62. The topological polar surface area (TPSA) is 12.0 Å². The predicted octanol–water partition coefficient (Wildman–Crippen LogP) is 5.05. The molecule has 94 valence electrons. The zero-order valence-corrected chi connectivity index (χ0v) is 11.3. The molecule has 0 spiro atoms. The second-order valence-electron chi connectivity index (χ2n) is 4.05. The summed E-state index contributed by atoms with van der Waals surface area (Å²) >= 11 is 12.1.